The lowest BCUT2D eigenvalue weighted by molar-refractivity contribution is -0.120. The quantitative estimate of drug-likeness (QED) is 0.733. The van der Waals surface area contributed by atoms with Gasteiger partial charge in [0.2, 0.25) is 5.91 Å². The first-order valence-electron chi connectivity index (χ1n) is 6.08. The number of amides is 3. The van der Waals surface area contributed by atoms with Crippen molar-refractivity contribution in [2.75, 3.05) is 26.0 Å². The number of hydrogen-bond donors (Lipinski definition) is 3. The third-order valence-electron chi connectivity index (χ3n) is 2.74. The van der Waals surface area contributed by atoms with E-state index in [9.17, 15) is 9.59 Å². The van der Waals surface area contributed by atoms with Crippen LogP contribution in [0.2, 0.25) is 0 Å². The smallest absolute Gasteiger partial charge is 0.321 e. The molecule has 104 valence electrons. The van der Waals surface area contributed by atoms with Crippen molar-refractivity contribution < 1.29 is 9.59 Å². The third-order valence-corrected chi connectivity index (χ3v) is 2.74. The monoisotopic (exact) mass is 264 g/mol. The van der Waals surface area contributed by atoms with Gasteiger partial charge < -0.3 is 21.3 Å². The molecule has 0 aromatic heterocycles. The Kier molecular flexibility index (Phi) is 5.81. The molecule has 1 aromatic carbocycles. The fourth-order valence-corrected chi connectivity index (χ4v) is 1.44. The Bertz CT molecular complexity index is 431. The molecule has 19 heavy (non-hydrogen) atoms. The van der Waals surface area contributed by atoms with E-state index in [-0.39, 0.29) is 18.4 Å². The summed E-state index contributed by atoms with van der Waals surface area (Å²) < 4.78 is 0. The first kappa shape index (κ1) is 15.0. The molecule has 6 heteroatoms. The van der Waals surface area contributed by atoms with Crippen LogP contribution >= 0.6 is 0 Å². The highest BCUT2D eigenvalue weighted by atomic mass is 16.2. The lowest BCUT2D eigenvalue weighted by Gasteiger charge is -2.17. The Balaban J connectivity index is 2.46. The van der Waals surface area contributed by atoms with E-state index in [0.29, 0.717) is 18.8 Å². The predicted molar refractivity (Wildman–Crippen MR) is 74.7 cm³/mol. The van der Waals surface area contributed by atoms with E-state index in [0.717, 1.165) is 5.56 Å². The standard InChI is InChI=1S/C13H20N4O2/c1-15-12(18)7-8-17(2)13(19)16-11-5-3-10(9-14)4-6-11/h3-6H,7-9,14H2,1-2H3,(H,15,18)(H,16,19). The molecule has 0 saturated carbocycles. The summed E-state index contributed by atoms with van der Waals surface area (Å²) in [6, 6.07) is 7.07. The van der Waals surface area contributed by atoms with Gasteiger partial charge in [-0.2, -0.15) is 0 Å². The molecule has 0 heterocycles. The minimum atomic E-state index is -0.246. The minimum absolute atomic E-state index is 0.0908. The molecule has 0 saturated heterocycles. The first-order chi connectivity index (χ1) is 9.06. The average Bonchev–Trinajstić information content (AvgIpc) is 2.44. The zero-order valence-electron chi connectivity index (χ0n) is 11.3. The van der Waals surface area contributed by atoms with Gasteiger partial charge in [-0.25, -0.2) is 4.79 Å². The zero-order chi connectivity index (χ0) is 14.3. The number of carbonyl (C=O) groups excluding carboxylic acids is 2. The number of nitrogens with one attached hydrogen (secondary N) is 2. The molecular formula is C13H20N4O2. The lowest BCUT2D eigenvalue weighted by atomic mass is 10.2. The van der Waals surface area contributed by atoms with Gasteiger partial charge in [0.25, 0.3) is 0 Å². The van der Waals surface area contributed by atoms with Gasteiger partial charge >= 0.3 is 6.03 Å². The second-order valence-corrected chi connectivity index (χ2v) is 4.18. The van der Waals surface area contributed by atoms with Crippen molar-refractivity contribution in [3.8, 4) is 0 Å². The van der Waals surface area contributed by atoms with Gasteiger partial charge in [0.05, 0.1) is 0 Å². The van der Waals surface area contributed by atoms with Crippen molar-refractivity contribution in [3.05, 3.63) is 29.8 Å². The van der Waals surface area contributed by atoms with Crippen LogP contribution in [0.4, 0.5) is 10.5 Å². The topological polar surface area (TPSA) is 87.5 Å². The second-order valence-electron chi connectivity index (χ2n) is 4.18. The number of rotatable bonds is 5. The summed E-state index contributed by atoms with van der Waals surface area (Å²) in [6.45, 7) is 0.840. The number of anilines is 1. The number of nitrogens with two attached hydrogens (primary N) is 1. The van der Waals surface area contributed by atoms with E-state index in [1.54, 1.807) is 26.2 Å². The molecule has 0 radical (unpaired) electrons. The molecule has 0 atom stereocenters. The van der Waals surface area contributed by atoms with E-state index in [4.69, 9.17) is 5.73 Å². The first-order valence-corrected chi connectivity index (χ1v) is 6.08. The summed E-state index contributed by atoms with van der Waals surface area (Å²) in [5.41, 5.74) is 7.21. The van der Waals surface area contributed by atoms with Gasteiger partial charge in [0.1, 0.15) is 0 Å². The van der Waals surface area contributed by atoms with Gasteiger partial charge in [0, 0.05) is 39.3 Å². The Morgan fingerprint density at radius 1 is 1.26 bits per heavy atom. The van der Waals surface area contributed by atoms with Gasteiger partial charge in [0.15, 0.2) is 0 Å². The maximum atomic E-state index is 11.8. The van der Waals surface area contributed by atoms with Gasteiger partial charge in [-0.3, -0.25) is 4.79 Å². The molecular weight excluding hydrogens is 244 g/mol. The molecule has 1 aromatic rings. The van der Waals surface area contributed by atoms with Crippen LogP contribution in [0, 0.1) is 0 Å². The van der Waals surface area contributed by atoms with Crippen LogP contribution in [0.1, 0.15) is 12.0 Å². The van der Waals surface area contributed by atoms with Crippen molar-refractivity contribution in [3.63, 3.8) is 0 Å². The fraction of sp³-hybridized carbons (Fsp3) is 0.385. The van der Waals surface area contributed by atoms with Crippen molar-refractivity contribution >= 4 is 17.6 Å². The van der Waals surface area contributed by atoms with Crippen LogP contribution in [-0.4, -0.2) is 37.5 Å². The van der Waals surface area contributed by atoms with Crippen molar-refractivity contribution in [2.24, 2.45) is 5.73 Å². The molecule has 0 aliphatic carbocycles. The summed E-state index contributed by atoms with van der Waals surface area (Å²) in [4.78, 5) is 24.4. The van der Waals surface area contributed by atoms with E-state index in [1.165, 1.54) is 4.90 Å². The Labute approximate surface area is 113 Å². The highest BCUT2D eigenvalue weighted by Crippen LogP contribution is 2.09. The highest BCUT2D eigenvalue weighted by Gasteiger charge is 2.10. The highest BCUT2D eigenvalue weighted by molar-refractivity contribution is 5.89. The maximum absolute atomic E-state index is 11.8. The maximum Gasteiger partial charge on any atom is 0.321 e. The van der Waals surface area contributed by atoms with Crippen LogP contribution in [0.5, 0.6) is 0 Å². The number of hydrogen-bond acceptors (Lipinski definition) is 3. The summed E-state index contributed by atoms with van der Waals surface area (Å²) >= 11 is 0. The Morgan fingerprint density at radius 3 is 2.42 bits per heavy atom. The molecule has 0 unspecified atom stereocenters. The van der Waals surface area contributed by atoms with Crippen LogP contribution in [-0.2, 0) is 11.3 Å². The summed E-state index contributed by atoms with van der Waals surface area (Å²) in [6.07, 6.45) is 0.284. The van der Waals surface area contributed by atoms with E-state index < -0.39 is 0 Å². The zero-order valence-corrected chi connectivity index (χ0v) is 11.3. The lowest BCUT2D eigenvalue weighted by Crippen LogP contribution is -2.34. The van der Waals surface area contributed by atoms with E-state index >= 15 is 0 Å². The molecule has 0 aliphatic rings. The normalized spacial score (nSPS) is 9.84. The third kappa shape index (κ3) is 4.97. The average molecular weight is 264 g/mol. The Morgan fingerprint density at radius 2 is 1.89 bits per heavy atom. The molecule has 0 aliphatic heterocycles. The molecule has 1 rings (SSSR count). The molecule has 0 bridgehead atoms. The van der Waals surface area contributed by atoms with Crippen LogP contribution in [0.3, 0.4) is 0 Å². The fourth-order valence-electron chi connectivity index (χ4n) is 1.44. The van der Waals surface area contributed by atoms with Crippen molar-refractivity contribution in [1.82, 2.24) is 10.2 Å². The molecule has 0 spiro atoms. The van der Waals surface area contributed by atoms with Crippen LogP contribution < -0.4 is 16.4 Å². The largest absolute Gasteiger partial charge is 0.359 e. The summed E-state index contributed by atoms with van der Waals surface area (Å²) in [7, 11) is 3.22. The second kappa shape index (κ2) is 7.38. The predicted octanol–water partition coefficient (Wildman–Crippen LogP) is 0.745. The number of nitrogens with zero attached hydrogens (tertiary/aromatic N) is 1. The minimum Gasteiger partial charge on any atom is -0.359 e. The van der Waals surface area contributed by atoms with E-state index in [1.807, 2.05) is 12.1 Å². The van der Waals surface area contributed by atoms with E-state index in [2.05, 4.69) is 10.6 Å². The molecule has 6 nitrogen and oxygen atoms in total. The molecule has 3 amide bonds. The number of carbonyl (C=O) groups is 2. The van der Waals surface area contributed by atoms with Gasteiger partial charge in [-0.05, 0) is 17.7 Å². The molecule has 4 N–H and O–H groups in total. The van der Waals surface area contributed by atoms with Crippen molar-refractivity contribution in [2.45, 2.75) is 13.0 Å². The van der Waals surface area contributed by atoms with Gasteiger partial charge in [-0.15, -0.1) is 0 Å². The summed E-state index contributed by atoms with van der Waals surface area (Å²) in [5.74, 6) is -0.0908. The Hall–Kier alpha value is -2.08. The summed E-state index contributed by atoms with van der Waals surface area (Å²) in [5, 5.41) is 5.26. The SMILES string of the molecule is CNC(=O)CCN(C)C(=O)Nc1ccc(CN)cc1. The van der Waals surface area contributed by atoms with Crippen molar-refractivity contribution in [1.29, 1.82) is 0 Å². The molecule has 0 fully saturated rings. The number of benzene rings is 1. The van der Waals surface area contributed by atoms with Gasteiger partial charge in [-0.1, -0.05) is 12.1 Å². The van der Waals surface area contributed by atoms with Crippen LogP contribution in [0.15, 0.2) is 24.3 Å². The number of urea groups is 1. The van der Waals surface area contributed by atoms with Crippen LogP contribution in [0.25, 0.3) is 0 Å².